The van der Waals surface area contributed by atoms with Gasteiger partial charge in [-0.15, -0.1) is 11.8 Å². The Hall–Kier alpha value is -1.40. The molecule has 0 spiro atoms. The fraction of sp³-hybridized carbons (Fsp3) is 0.200. The zero-order valence-electron chi connectivity index (χ0n) is 9.07. The van der Waals surface area contributed by atoms with E-state index in [1.165, 1.54) is 11.8 Å². The van der Waals surface area contributed by atoms with Gasteiger partial charge in [-0.3, -0.25) is 10.1 Å². The lowest BCUT2D eigenvalue weighted by molar-refractivity contribution is -0.119. The van der Waals surface area contributed by atoms with Crippen molar-refractivity contribution in [3.63, 3.8) is 0 Å². The number of hydrogen-bond donors (Lipinski definition) is 3. The van der Waals surface area contributed by atoms with Crippen molar-refractivity contribution in [2.24, 2.45) is 5.73 Å². The number of nitrogens with two attached hydrogens (primary N) is 2. The van der Waals surface area contributed by atoms with Gasteiger partial charge in [-0.25, -0.2) is 4.79 Å². The number of nitrogen functional groups attached to an aromatic ring is 1. The molecule has 0 fully saturated rings. The third kappa shape index (κ3) is 4.16. The van der Waals surface area contributed by atoms with E-state index in [1.807, 2.05) is 5.32 Å². The Balaban J connectivity index is 2.67. The third-order valence-electron chi connectivity index (χ3n) is 1.90. The average Bonchev–Trinajstić information content (AvgIpc) is 2.22. The Bertz CT molecular complexity index is 453. The SMILES string of the molecule is CC(Sc1ccc(N)c(Cl)c1)C(=O)NC(N)=O. The molecule has 3 amide bonds. The number of hydrogen-bond acceptors (Lipinski definition) is 4. The maximum atomic E-state index is 11.4. The topological polar surface area (TPSA) is 98.2 Å². The summed E-state index contributed by atoms with van der Waals surface area (Å²) in [5, 5.41) is 1.98. The Kier molecular flexibility index (Phi) is 4.65. The molecule has 0 bridgehead atoms. The smallest absolute Gasteiger partial charge is 0.318 e. The van der Waals surface area contributed by atoms with E-state index in [2.05, 4.69) is 0 Å². The molecule has 0 saturated carbocycles. The van der Waals surface area contributed by atoms with Gasteiger partial charge in [0.2, 0.25) is 5.91 Å². The number of rotatable bonds is 3. The van der Waals surface area contributed by atoms with Crippen LogP contribution in [0.25, 0.3) is 0 Å². The highest BCUT2D eigenvalue weighted by Crippen LogP contribution is 2.28. The van der Waals surface area contributed by atoms with Crippen LogP contribution in [0.2, 0.25) is 5.02 Å². The van der Waals surface area contributed by atoms with Crippen LogP contribution in [-0.2, 0) is 4.79 Å². The number of anilines is 1. The monoisotopic (exact) mass is 273 g/mol. The maximum Gasteiger partial charge on any atom is 0.318 e. The number of halogens is 1. The summed E-state index contributed by atoms with van der Waals surface area (Å²) < 4.78 is 0. The van der Waals surface area contributed by atoms with Crippen molar-refractivity contribution in [2.75, 3.05) is 5.73 Å². The summed E-state index contributed by atoms with van der Waals surface area (Å²) in [5.41, 5.74) is 10.9. The first-order chi connectivity index (χ1) is 7.90. The lowest BCUT2D eigenvalue weighted by Gasteiger charge is -2.10. The van der Waals surface area contributed by atoms with E-state index in [9.17, 15) is 9.59 Å². The number of benzene rings is 1. The molecule has 5 nitrogen and oxygen atoms in total. The van der Waals surface area contributed by atoms with Crippen LogP contribution in [0, 0.1) is 0 Å². The molecule has 92 valence electrons. The minimum Gasteiger partial charge on any atom is -0.398 e. The first-order valence-corrected chi connectivity index (χ1v) is 5.98. The van der Waals surface area contributed by atoms with Crippen LogP contribution in [0.5, 0.6) is 0 Å². The van der Waals surface area contributed by atoms with Crippen LogP contribution in [0.15, 0.2) is 23.1 Å². The largest absolute Gasteiger partial charge is 0.398 e. The molecule has 7 heteroatoms. The molecular formula is C10H12ClN3O2S. The Morgan fingerprint density at radius 2 is 2.12 bits per heavy atom. The second-order valence-corrected chi connectivity index (χ2v) is 5.12. The van der Waals surface area contributed by atoms with Gasteiger partial charge in [0.1, 0.15) is 0 Å². The van der Waals surface area contributed by atoms with Crippen LogP contribution < -0.4 is 16.8 Å². The van der Waals surface area contributed by atoms with Gasteiger partial charge in [0.05, 0.1) is 16.0 Å². The molecule has 1 atom stereocenters. The van der Waals surface area contributed by atoms with Gasteiger partial charge >= 0.3 is 6.03 Å². The predicted octanol–water partition coefficient (Wildman–Crippen LogP) is 1.60. The van der Waals surface area contributed by atoms with Crippen molar-refractivity contribution < 1.29 is 9.59 Å². The quantitative estimate of drug-likeness (QED) is 0.575. The first-order valence-electron chi connectivity index (χ1n) is 4.72. The summed E-state index contributed by atoms with van der Waals surface area (Å²) in [6, 6.07) is 4.21. The summed E-state index contributed by atoms with van der Waals surface area (Å²) in [4.78, 5) is 22.7. The van der Waals surface area contributed by atoms with E-state index < -0.39 is 17.2 Å². The van der Waals surface area contributed by atoms with Crippen molar-refractivity contribution in [1.82, 2.24) is 5.32 Å². The molecule has 0 radical (unpaired) electrons. The lowest BCUT2D eigenvalue weighted by Crippen LogP contribution is -2.39. The number of carbonyl (C=O) groups is 2. The number of nitrogens with one attached hydrogen (secondary N) is 1. The van der Waals surface area contributed by atoms with Crippen molar-refractivity contribution in [1.29, 1.82) is 0 Å². The normalized spacial score (nSPS) is 11.9. The van der Waals surface area contributed by atoms with E-state index in [0.717, 1.165) is 4.90 Å². The number of urea groups is 1. The number of imide groups is 1. The second kappa shape index (κ2) is 5.79. The van der Waals surface area contributed by atoms with Crippen LogP contribution in [0.3, 0.4) is 0 Å². The number of carbonyl (C=O) groups excluding carboxylic acids is 2. The molecule has 1 unspecified atom stereocenters. The average molecular weight is 274 g/mol. The van der Waals surface area contributed by atoms with E-state index in [4.69, 9.17) is 23.1 Å². The molecular weight excluding hydrogens is 262 g/mol. The van der Waals surface area contributed by atoms with Gasteiger partial charge in [-0.05, 0) is 25.1 Å². The molecule has 5 N–H and O–H groups in total. The minimum atomic E-state index is -0.863. The van der Waals surface area contributed by atoms with Gasteiger partial charge < -0.3 is 11.5 Å². The molecule has 1 rings (SSSR count). The fourth-order valence-corrected chi connectivity index (χ4v) is 2.21. The minimum absolute atomic E-state index is 0.428. The van der Waals surface area contributed by atoms with Crippen molar-refractivity contribution in [3.8, 4) is 0 Å². The zero-order chi connectivity index (χ0) is 13.0. The summed E-state index contributed by atoms with van der Waals surface area (Å²) in [7, 11) is 0. The standard InChI is InChI=1S/C10H12ClN3O2S/c1-5(9(15)14-10(13)16)17-6-2-3-8(12)7(11)4-6/h2-5H,12H2,1H3,(H3,13,14,15,16). The molecule has 0 aliphatic heterocycles. The first kappa shape index (κ1) is 13.7. The van der Waals surface area contributed by atoms with Gasteiger partial charge in [-0.1, -0.05) is 11.6 Å². The van der Waals surface area contributed by atoms with E-state index >= 15 is 0 Å². The van der Waals surface area contributed by atoms with Gasteiger partial charge in [0.15, 0.2) is 0 Å². The molecule has 0 saturated heterocycles. The van der Waals surface area contributed by atoms with Crippen LogP contribution in [0.4, 0.5) is 10.5 Å². The van der Waals surface area contributed by atoms with E-state index in [1.54, 1.807) is 25.1 Å². The van der Waals surface area contributed by atoms with Gasteiger partial charge in [-0.2, -0.15) is 0 Å². The van der Waals surface area contributed by atoms with Crippen LogP contribution in [-0.4, -0.2) is 17.2 Å². The lowest BCUT2D eigenvalue weighted by atomic mass is 10.3. The Morgan fingerprint density at radius 3 is 2.65 bits per heavy atom. The number of amides is 3. The Labute approximate surface area is 108 Å². The summed E-state index contributed by atoms with van der Waals surface area (Å²) in [5.74, 6) is -0.449. The molecule has 0 aliphatic rings. The van der Waals surface area contributed by atoms with Gasteiger partial charge in [0.25, 0.3) is 0 Å². The molecule has 0 aromatic heterocycles. The highest BCUT2D eigenvalue weighted by molar-refractivity contribution is 8.00. The van der Waals surface area contributed by atoms with Crippen molar-refractivity contribution in [3.05, 3.63) is 23.2 Å². The molecule has 1 aromatic carbocycles. The predicted molar refractivity (Wildman–Crippen MR) is 68.9 cm³/mol. The summed E-state index contributed by atoms with van der Waals surface area (Å²) in [6.07, 6.45) is 0. The highest BCUT2D eigenvalue weighted by atomic mass is 35.5. The van der Waals surface area contributed by atoms with Gasteiger partial charge in [0, 0.05) is 4.90 Å². The molecule has 1 aromatic rings. The zero-order valence-corrected chi connectivity index (χ0v) is 10.6. The van der Waals surface area contributed by atoms with E-state index in [-0.39, 0.29) is 0 Å². The fourth-order valence-electron chi connectivity index (χ4n) is 1.06. The highest BCUT2D eigenvalue weighted by Gasteiger charge is 2.16. The third-order valence-corrected chi connectivity index (χ3v) is 3.32. The van der Waals surface area contributed by atoms with E-state index in [0.29, 0.717) is 10.7 Å². The summed E-state index contributed by atoms with van der Waals surface area (Å²) >= 11 is 7.10. The Morgan fingerprint density at radius 1 is 1.47 bits per heavy atom. The molecule has 17 heavy (non-hydrogen) atoms. The van der Waals surface area contributed by atoms with Crippen LogP contribution >= 0.6 is 23.4 Å². The van der Waals surface area contributed by atoms with Crippen molar-refractivity contribution in [2.45, 2.75) is 17.1 Å². The number of primary amides is 1. The molecule has 0 heterocycles. The second-order valence-electron chi connectivity index (χ2n) is 3.30. The van der Waals surface area contributed by atoms with Crippen LogP contribution in [0.1, 0.15) is 6.92 Å². The maximum absolute atomic E-state index is 11.4. The molecule has 0 aliphatic carbocycles. The van der Waals surface area contributed by atoms with Crippen molar-refractivity contribution >= 4 is 41.0 Å². The number of thioether (sulfide) groups is 1. The summed E-state index contributed by atoms with van der Waals surface area (Å²) in [6.45, 7) is 1.66.